The fourth-order valence-corrected chi connectivity index (χ4v) is 3.12. The highest BCUT2D eigenvalue weighted by molar-refractivity contribution is 5.79. The van der Waals surface area contributed by atoms with E-state index in [-0.39, 0.29) is 0 Å². The Kier molecular flexibility index (Phi) is 8.19. The summed E-state index contributed by atoms with van der Waals surface area (Å²) in [5, 5.41) is 6.61. The predicted octanol–water partition coefficient (Wildman–Crippen LogP) is 2.97. The average molecular weight is 397 g/mol. The van der Waals surface area contributed by atoms with Crippen LogP contribution in [0.5, 0.6) is 5.75 Å². The van der Waals surface area contributed by atoms with Gasteiger partial charge < -0.3 is 25.0 Å². The maximum Gasteiger partial charge on any atom is 0.191 e. The predicted molar refractivity (Wildman–Crippen MR) is 119 cm³/mol. The number of hydrogen-bond acceptors (Lipinski definition) is 4. The minimum Gasteiger partial charge on any atom is -0.492 e. The number of ether oxygens (including phenoxy) is 2. The molecule has 0 bridgehead atoms. The lowest BCUT2D eigenvalue weighted by atomic mass is 10.2. The van der Waals surface area contributed by atoms with Crippen LogP contribution in [0.15, 0.2) is 53.5 Å². The van der Waals surface area contributed by atoms with Gasteiger partial charge in [-0.25, -0.2) is 4.99 Å². The number of nitrogens with zero attached hydrogens (tertiary/aromatic N) is 2. The minimum absolute atomic E-state index is 0.585. The fraction of sp³-hybridized carbons (Fsp3) is 0.435. The molecule has 1 aliphatic rings. The Labute approximate surface area is 173 Å². The Balaban J connectivity index is 1.45. The van der Waals surface area contributed by atoms with Crippen LogP contribution in [0.2, 0.25) is 0 Å². The molecular formula is C23H32N4O2. The first-order valence-corrected chi connectivity index (χ1v) is 10.4. The van der Waals surface area contributed by atoms with Crippen LogP contribution >= 0.6 is 0 Å². The quantitative estimate of drug-likeness (QED) is 0.408. The van der Waals surface area contributed by atoms with E-state index < -0.39 is 0 Å². The van der Waals surface area contributed by atoms with Crippen molar-refractivity contribution < 1.29 is 9.47 Å². The van der Waals surface area contributed by atoms with E-state index in [2.05, 4.69) is 70.8 Å². The molecule has 2 aromatic carbocycles. The summed E-state index contributed by atoms with van der Waals surface area (Å²) in [5.74, 6) is 1.69. The van der Waals surface area contributed by atoms with Crippen molar-refractivity contribution in [1.29, 1.82) is 0 Å². The Morgan fingerprint density at radius 2 is 1.76 bits per heavy atom. The molecule has 0 aliphatic carbocycles. The van der Waals surface area contributed by atoms with Crippen LogP contribution in [-0.2, 0) is 11.3 Å². The second kappa shape index (κ2) is 11.3. The van der Waals surface area contributed by atoms with E-state index in [1.54, 1.807) is 0 Å². The average Bonchev–Trinajstić information content (AvgIpc) is 2.77. The molecule has 1 fully saturated rings. The number of aryl methyl sites for hydroxylation is 1. The number of guanidine groups is 1. The third-order valence-electron chi connectivity index (χ3n) is 4.76. The maximum atomic E-state index is 5.76. The van der Waals surface area contributed by atoms with Gasteiger partial charge in [-0.2, -0.15) is 0 Å². The normalized spacial score (nSPS) is 14.6. The Morgan fingerprint density at radius 1 is 1.03 bits per heavy atom. The molecule has 2 aromatic rings. The van der Waals surface area contributed by atoms with Gasteiger partial charge >= 0.3 is 0 Å². The number of aliphatic imine (C=N–C) groups is 1. The van der Waals surface area contributed by atoms with E-state index in [1.165, 1.54) is 16.8 Å². The molecule has 0 aromatic heterocycles. The van der Waals surface area contributed by atoms with Crippen molar-refractivity contribution in [2.75, 3.05) is 50.9 Å². The summed E-state index contributed by atoms with van der Waals surface area (Å²) in [6.45, 7) is 10.4. The first kappa shape index (κ1) is 21.0. The number of benzene rings is 2. The first-order chi connectivity index (χ1) is 14.2. The van der Waals surface area contributed by atoms with Crippen LogP contribution < -0.4 is 20.3 Å². The molecule has 0 amide bonds. The molecule has 0 unspecified atom stereocenters. The van der Waals surface area contributed by atoms with Crippen LogP contribution in [0.3, 0.4) is 0 Å². The molecule has 0 radical (unpaired) electrons. The van der Waals surface area contributed by atoms with E-state index >= 15 is 0 Å². The summed E-state index contributed by atoms with van der Waals surface area (Å²) in [6, 6.07) is 16.7. The van der Waals surface area contributed by atoms with Crippen molar-refractivity contribution in [2.45, 2.75) is 20.4 Å². The van der Waals surface area contributed by atoms with E-state index in [9.17, 15) is 0 Å². The van der Waals surface area contributed by atoms with Crippen molar-refractivity contribution in [3.05, 3.63) is 59.7 Å². The van der Waals surface area contributed by atoms with Gasteiger partial charge in [0.1, 0.15) is 12.4 Å². The smallest absolute Gasteiger partial charge is 0.191 e. The third-order valence-corrected chi connectivity index (χ3v) is 4.76. The number of hydrogen-bond donors (Lipinski definition) is 2. The summed E-state index contributed by atoms with van der Waals surface area (Å²) in [4.78, 5) is 7.04. The Bertz CT molecular complexity index is 753. The molecule has 1 aliphatic heterocycles. The van der Waals surface area contributed by atoms with E-state index in [4.69, 9.17) is 9.47 Å². The minimum atomic E-state index is 0.585. The Hall–Kier alpha value is -2.73. The van der Waals surface area contributed by atoms with Gasteiger partial charge in [-0.05, 0) is 43.7 Å². The molecular weight excluding hydrogens is 364 g/mol. The highest BCUT2D eigenvalue weighted by Crippen LogP contribution is 2.17. The van der Waals surface area contributed by atoms with Crippen molar-refractivity contribution >= 4 is 11.6 Å². The van der Waals surface area contributed by atoms with Crippen LogP contribution in [0.25, 0.3) is 0 Å². The summed E-state index contributed by atoms with van der Waals surface area (Å²) in [7, 11) is 0. The SMILES string of the molecule is CCNC(=NCc1ccc(N2CCOCC2)cc1)NCCOc1ccc(C)cc1. The first-order valence-electron chi connectivity index (χ1n) is 10.4. The molecule has 0 saturated carbocycles. The molecule has 0 spiro atoms. The van der Waals surface area contributed by atoms with Crippen LogP contribution in [0.4, 0.5) is 5.69 Å². The molecule has 1 saturated heterocycles. The standard InChI is InChI=1S/C23H32N4O2/c1-3-24-23(25-12-15-29-22-10-4-19(2)5-11-22)26-18-20-6-8-21(9-7-20)27-13-16-28-17-14-27/h4-11H,3,12-18H2,1-2H3,(H2,24,25,26). The van der Waals surface area contributed by atoms with E-state index in [0.29, 0.717) is 19.7 Å². The largest absolute Gasteiger partial charge is 0.492 e. The van der Waals surface area contributed by atoms with Gasteiger partial charge in [0.2, 0.25) is 0 Å². The van der Waals surface area contributed by atoms with Crippen LogP contribution in [-0.4, -0.2) is 52.0 Å². The molecule has 3 rings (SSSR count). The van der Waals surface area contributed by atoms with Gasteiger partial charge in [0.15, 0.2) is 5.96 Å². The molecule has 2 N–H and O–H groups in total. The number of morpholine rings is 1. The van der Waals surface area contributed by atoms with Gasteiger partial charge in [-0.1, -0.05) is 29.8 Å². The topological polar surface area (TPSA) is 58.1 Å². The zero-order chi connectivity index (χ0) is 20.3. The lowest BCUT2D eigenvalue weighted by molar-refractivity contribution is 0.122. The monoisotopic (exact) mass is 396 g/mol. The van der Waals surface area contributed by atoms with Crippen molar-refractivity contribution in [1.82, 2.24) is 10.6 Å². The maximum absolute atomic E-state index is 5.76. The summed E-state index contributed by atoms with van der Waals surface area (Å²) >= 11 is 0. The van der Waals surface area contributed by atoms with Gasteiger partial charge in [0.25, 0.3) is 0 Å². The summed E-state index contributed by atoms with van der Waals surface area (Å²) in [6.07, 6.45) is 0. The second-order valence-electron chi connectivity index (χ2n) is 7.05. The van der Waals surface area contributed by atoms with Crippen molar-refractivity contribution in [3.8, 4) is 5.75 Å². The van der Waals surface area contributed by atoms with Gasteiger partial charge in [0.05, 0.1) is 26.3 Å². The fourth-order valence-electron chi connectivity index (χ4n) is 3.12. The number of nitrogens with one attached hydrogen (secondary N) is 2. The van der Waals surface area contributed by atoms with Crippen LogP contribution in [0, 0.1) is 6.92 Å². The molecule has 0 atom stereocenters. The van der Waals surface area contributed by atoms with Gasteiger partial charge in [0, 0.05) is 25.3 Å². The molecule has 156 valence electrons. The van der Waals surface area contributed by atoms with E-state index in [0.717, 1.165) is 44.6 Å². The third kappa shape index (κ3) is 6.98. The lowest BCUT2D eigenvalue weighted by Crippen LogP contribution is -2.39. The molecule has 1 heterocycles. The molecule has 29 heavy (non-hydrogen) atoms. The second-order valence-corrected chi connectivity index (χ2v) is 7.05. The number of anilines is 1. The van der Waals surface area contributed by atoms with Crippen molar-refractivity contribution in [3.63, 3.8) is 0 Å². The van der Waals surface area contributed by atoms with Crippen molar-refractivity contribution in [2.24, 2.45) is 4.99 Å². The zero-order valence-electron chi connectivity index (χ0n) is 17.5. The van der Waals surface area contributed by atoms with Gasteiger partial charge in [-0.3, -0.25) is 0 Å². The summed E-state index contributed by atoms with van der Waals surface area (Å²) < 4.78 is 11.2. The summed E-state index contributed by atoms with van der Waals surface area (Å²) in [5.41, 5.74) is 3.67. The molecule has 6 heteroatoms. The van der Waals surface area contributed by atoms with Gasteiger partial charge in [-0.15, -0.1) is 0 Å². The Morgan fingerprint density at radius 3 is 2.45 bits per heavy atom. The zero-order valence-corrected chi connectivity index (χ0v) is 17.5. The van der Waals surface area contributed by atoms with E-state index in [1.807, 2.05) is 12.1 Å². The molecule has 6 nitrogen and oxygen atoms in total. The van der Waals surface area contributed by atoms with Crippen LogP contribution in [0.1, 0.15) is 18.1 Å². The lowest BCUT2D eigenvalue weighted by Gasteiger charge is -2.28. The highest BCUT2D eigenvalue weighted by atomic mass is 16.5. The number of rotatable bonds is 8. The highest BCUT2D eigenvalue weighted by Gasteiger charge is 2.10.